The maximum atomic E-state index is 12.1. The van der Waals surface area contributed by atoms with Crippen LogP contribution in [0.1, 0.15) is 124 Å². The molecule has 0 amide bonds. The van der Waals surface area contributed by atoms with Gasteiger partial charge < -0.3 is 9.47 Å². The second-order valence-electron chi connectivity index (χ2n) is 11.2. The summed E-state index contributed by atoms with van der Waals surface area (Å²) in [6.45, 7) is 6.93. The molecule has 0 radical (unpaired) electrons. The Morgan fingerprint density at radius 3 is 1.89 bits per heavy atom. The van der Waals surface area contributed by atoms with Crippen LogP contribution >= 0.6 is 0 Å². The van der Waals surface area contributed by atoms with Gasteiger partial charge in [-0.05, 0) is 55.7 Å². The van der Waals surface area contributed by atoms with Crippen molar-refractivity contribution in [2.75, 3.05) is 6.61 Å². The van der Waals surface area contributed by atoms with E-state index in [-0.39, 0.29) is 16.9 Å². The zero-order valence-electron chi connectivity index (χ0n) is 23.7. The van der Waals surface area contributed by atoms with E-state index in [1.165, 1.54) is 94.0 Å². The van der Waals surface area contributed by atoms with E-state index in [1.807, 2.05) is 6.92 Å². The van der Waals surface area contributed by atoms with Gasteiger partial charge in [0.05, 0.1) is 11.5 Å². The highest BCUT2D eigenvalue weighted by Gasteiger charge is 2.31. The summed E-state index contributed by atoms with van der Waals surface area (Å²) in [6, 6.07) is 5.32. The molecule has 1 aliphatic rings. The first-order valence-corrected chi connectivity index (χ1v) is 14.5. The van der Waals surface area contributed by atoms with Crippen LogP contribution in [0.3, 0.4) is 0 Å². The number of ketones is 1. The molecule has 38 heavy (non-hydrogen) atoms. The number of benzene rings is 1. The molecule has 0 unspecified atom stereocenters. The van der Waals surface area contributed by atoms with Crippen LogP contribution in [0, 0.1) is 15.5 Å². The van der Waals surface area contributed by atoms with Gasteiger partial charge in [-0.15, -0.1) is 0 Å². The number of nitro groups is 1. The molecular formula is C31H47NO6. The number of allylic oxidation sites excluding steroid dienone is 2. The predicted octanol–water partition coefficient (Wildman–Crippen LogP) is 9.28. The molecule has 2 rings (SSSR count). The highest BCUT2D eigenvalue weighted by Crippen LogP contribution is 2.41. The van der Waals surface area contributed by atoms with Crippen LogP contribution in [0.2, 0.25) is 0 Å². The number of ether oxygens (including phenoxy) is 2. The van der Waals surface area contributed by atoms with Crippen molar-refractivity contribution in [2.45, 2.75) is 124 Å². The summed E-state index contributed by atoms with van der Waals surface area (Å²) in [4.78, 5) is 33.9. The third kappa shape index (κ3) is 11.8. The van der Waals surface area contributed by atoms with Crippen LogP contribution in [0.5, 0.6) is 5.75 Å². The Hall–Kier alpha value is -2.70. The lowest BCUT2D eigenvalue weighted by Gasteiger charge is -2.34. The molecule has 0 fully saturated rings. The average molecular weight is 530 g/mol. The van der Waals surface area contributed by atoms with Gasteiger partial charge in [-0.25, -0.2) is 4.79 Å². The number of nitrogens with zero attached hydrogens (tertiary/aromatic N) is 1. The summed E-state index contributed by atoms with van der Waals surface area (Å²) in [5.74, 6) is 0.583. The molecule has 0 saturated carbocycles. The Bertz CT molecular complexity index is 919. The van der Waals surface area contributed by atoms with Crippen molar-refractivity contribution in [3.05, 3.63) is 45.5 Å². The highest BCUT2D eigenvalue weighted by molar-refractivity contribution is 5.96. The first kappa shape index (κ1) is 31.5. The molecule has 7 nitrogen and oxygen atoms in total. The van der Waals surface area contributed by atoms with Crippen molar-refractivity contribution in [3.63, 3.8) is 0 Å². The van der Waals surface area contributed by atoms with E-state index in [1.54, 1.807) is 0 Å². The van der Waals surface area contributed by atoms with E-state index in [4.69, 9.17) is 9.47 Å². The van der Waals surface area contributed by atoms with E-state index in [0.29, 0.717) is 18.8 Å². The van der Waals surface area contributed by atoms with Crippen molar-refractivity contribution >= 4 is 17.6 Å². The van der Waals surface area contributed by atoms with E-state index in [2.05, 4.69) is 13.8 Å². The van der Waals surface area contributed by atoms with Gasteiger partial charge in [0.1, 0.15) is 5.75 Å². The summed E-state index contributed by atoms with van der Waals surface area (Å²) < 4.78 is 10.1. The number of hydrogen-bond acceptors (Lipinski definition) is 6. The lowest BCUT2D eigenvalue weighted by Crippen LogP contribution is -2.25. The van der Waals surface area contributed by atoms with Crippen molar-refractivity contribution < 1.29 is 24.0 Å². The van der Waals surface area contributed by atoms with Gasteiger partial charge in [-0.1, -0.05) is 90.0 Å². The molecule has 0 atom stereocenters. The second-order valence-corrected chi connectivity index (χ2v) is 11.2. The molecule has 0 N–H and O–H groups in total. The van der Waals surface area contributed by atoms with Gasteiger partial charge in [0.15, 0.2) is 5.78 Å². The van der Waals surface area contributed by atoms with Crippen molar-refractivity contribution in [2.24, 2.45) is 5.41 Å². The molecule has 0 spiro atoms. The third-order valence-corrected chi connectivity index (χ3v) is 7.70. The number of Topliss-reactive ketones (excluding diaryl/α,β-unsaturated/α-hetero) is 1. The van der Waals surface area contributed by atoms with Crippen LogP contribution in [0.4, 0.5) is 10.5 Å². The van der Waals surface area contributed by atoms with Crippen LogP contribution in [-0.4, -0.2) is 23.5 Å². The number of carbonyl (C=O) groups is 2. The summed E-state index contributed by atoms with van der Waals surface area (Å²) in [6.07, 6.45) is 17.7. The molecule has 0 bridgehead atoms. The summed E-state index contributed by atoms with van der Waals surface area (Å²) in [5, 5.41) is 10.6. The Kier molecular flexibility index (Phi) is 14.1. The number of unbranched alkanes of at least 4 members (excludes halogenated alkanes) is 12. The van der Waals surface area contributed by atoms with Gasteiger partial charge in [-0.2, -0.15) is 0 Å². The predicted molar refractivity (Wildman–Crippen MR) is 150 cm³/mol. The lowest BCUT2D eigenvalue weighted by atomic mass is 9.70. The molecule has 0 aliphatic heterocycles. The van der Waals surface area contributed by atoms with Crippen LogP contribution < -0.4 is 4.74 Å². The molecule has 1 aliphatic carbocycles. The quantitative estimate of drug-likeness (QED) is 0.0618. The Morgan fingerprint density at radius 2 is 1.37 bits per heavy atom. The van der Waals surface area contributed by atoms with E-state index < -0.39 is 11.1 Å². The fourth-order valence-corrected chi connectivity index (χ4v) is 5.23. The summed E-state index contributed by atoms with van der Waals surface area (Å²) in [7, 11) is 0. The topological polar surface area (TPSA) is 95.7 Å². The maximum Gasteiger partial charge on any atom is 0.513 e. The van der Waals surface area contributed by atoms with Gasteiger partial charge in [0.2, 0.25) is 0 Å². The number of non-ortho nitro benzene ring substituents is 1. The highest BCUT2D eigenvalue weighted by atomic mass is 16.7. The third-order valence-electron chi connectivity index (χ3n) is 7.70. The number of nitro benzene ring substituents is 1. The largest absolute Gasteiger partial charge is 0.513 e. The Labute approximate surface area is 228 Å². The molecule has 1 aromatic carbocycles. The van der Waals surface area contributed by atoms with Gasteiger partial charge in [0, 0.05) is 18.6 Å². The smallest absolute Gasteiger partial charge is 0.434 e. The summed E-state index contributed by atoms with van der Waals surface area (Å²) >= 11 is 0. The van der Waals surface area contributed by atoms with E-state index in [0.717, 1.165) is 37.7 Å². The fraction of sp³-hybridized carbons (Fsp3) is 0.677. The minimum absolute atomic E-state index is 0.0557. The first-order valence-electron chi connectivity index (χ1n) is 14.5. The standard InChI is InChI=1S/C31H47NO6/c1-25-28(31(2,3)23-22-29(25)33)17-15-13-11-9-7-5-4-6-8-10-12-14-16-24-37-30(34)38-27-20-18-26(19-21-27)32(35)36/h18-21H,4-17,22-24H2,1-3H3. The van der Waals surface area contributed by atoms with Gasteiger partial charge in [-0.3, -0.25) is 14.9 Å². The van der Waals surface area contributed by atoms with Crippen LogP contribution in [0.25, 0.3) is 0 Å². The molecule has 0 heterocycles. The van der Waals surface area contributed by atoms with Gasteiger partial charge in [0.25, 0.3) is 5.69 Å². The SMILES string of the molecule is CC1=C(CCCCCCCCCCCCCCCOC(=O)Oc2ccc([N+](=O)[O-])cc2)C(C)(C)CCC1=O. The fourth-order valence-electron chi connectivity index (χ4n) is 5.23. The van der Waals surface area contributed by atoms with E-state index in [9.17, 15) is 19.7 Å². The first-order chi connectivity index (χ1) is 18.2. The van der Waals surface area contributed by atoms with E-state index >= 15 is 0 Å². The minimum Gasteiger partial charge on any atom is -0.434 e. The molecule has 1 aromatic rings. The summed E-state index contributed by atoms with van der Waals surface area (Å²) in [5.41, 5.74) is 2.58. The second kappa shape index (κ2) is 17.0. The number of rotatable bonds is 18. The lowest BCUT2D eigenvalue weighted by molar-refractivity contribution is -0.384. The zero-order valence-corrected chi connectivity index (χ0v) is 23.7. The van der Waals surface area contributed by atoms with Crippen molar-refractivity contribution in [1.29, 1.82) is 0 Å². The minimum atomic E-state index is -0.781. The molecular weight excluding hydrogens is 482 g/mol. The molecule has 0 saturated heterocycles. The zero-order chi connectivity index (χ0) is 27.8. The Balaban J connectivity index is 1.36. The monoisotopic (exact) mass is 529 g/mol. The molecule has 212 valence electrons. The van der Waals surface area contributed by atoms with Gasteiger partial charge >= 0.3 is 6.16 Å². The maximum absolute atomic E-state index is 12.1. The van der Waals surface area contributed by atoms with Crippen LogP contribution in [0.15, 0.2) is 35.4 Å². The molecule has 0 aromatic heterocycles. The van der Waals surface area contributed by atoms with Crippen molar-refractivity contribution in [3.8, 4) is 5.75 Å². The number of carbonyl (C=O) groups excluding carboxylic acids is 2. The average Bonchev–Trinajstić information content (AvgIpc) is 2.88. The number of hydrogen-bond donors (Lipinski definition) is 0. The van der Waals surface area contributed by atoms with Crippen molar-refractivity contribution in [1.82, 2.24) is 0 Å². The Morgan fingerprint density at radius 1 is 0.868 bits per heavy atom. The molecule has 7 heteroatoms. The normalized spacial score (nSPS) is 15.0. The van der Waals surface area contributed by atoms with Crippen LogP contribution in [-0.2, 0) is 9.53 Å².